The Kier molecular flexibility index (Phi) is 2.61. The van der Waals surface area contributed by atoms with Crippen LogP contribution in [0.1, 0.15) is 26.3 Å². The number of benzene rings is 1. The van der Waals surface area contributed by atoms with Gasteiger partial charge in [0.25, 0.3) is 0 Å². The van der Waals surface area contributed by atoms with Gasteiger partial charge < -0.3 is 0 Å². The second-order valence-electron chi connectivity index (χ2n) is 4.49. The highest BCUT2D eigenvalue weighted by molar-refractivity contribution is 6.40. The van der Waals surface area contributed by atoms with E-state index in [9.17, 15) is 0 Å². The molecule has 0 saturated carbocycles. The van der Waals surface area contributed by atoms with E-state index in [4.69, 9.17) is 15.7 Å². The Bertz CT molecular complexity index is 270. The second kappa shape index (κ2) is 3.25. The maximum atomic E-state index is 6.09. The summed E-state index contributed by atoms with van der Waals surface area (Å²) in [5.41, 5.74) is 0.830. The zero-order valence-electron chi connectivity index (χ0n) is 8.54. The summed E-state index contributed by atoms with van der Waals surface area (Å²) >= 11 is 0. The van der Waals surface area contributed by atoms with Crippen LogP contribution in [0.4, 0.5) is 0 Å². The maximum absolute atomic E-state index is 6.09. The van der Waals surface area contributed by atoms with Crippen LogP contribution in [0.5, 0.6) is 0 Å². The summed E-state index contributed by atoms with van der Waals surface area (Å²) in [7, 11) is 12.2. The summed E-state index contributed by atoms with van der Waals surface area (Å²) in [4.78, 5) is 0. The van der Waals surface area contributed by atoms with Gasteiger partial charge in [-0.3, -0.25) is 0 Å². The van der Waals surface area contributed by atoms with E-state index in [0.717, 1.165) is 5.56 Å². The number of rotatable bonds is 1. The molecule has 0 spiro atoms. The van der Waals surface area contributed by atoms with Crippen molar-refractivity contribution < 1.29 is 0 Å². The lowest BCUT2D eigenvalue weighted by Gasteiger charge is -2.40. The summed E-state index contributed by atoms with van der Waals surface area (Å²) < 4.78 is 0. The average Bonchev–Trinajstić information content (AvgIpc) is 2.04. The number of hydrogen-bond donors (Lipinski definition) is 0. The molecular weight excluding hydrogens is 154 g/mol. The van der Waals surface area contributed by atoms with Crippen molar-refractivity contribution in [3.63, 3.8) is 0 Å². The highest BCUT2D eigenvalue weighted by Gasteiger charge is 2.32. The van der Waals surface area contributed by atoms with Crippen molar-refractivity contribution in [2.24, 2.45) is 5.41 Å². The Morgan fingerprint density at radius 3 is 1.77 bits per heavy atom. The van der Waals surface area contributed by atoms with Gasteiger partial charge in [-0.2, -0.15) is 0 Å². The van der Waals surface area contributed by atoms with Gasteiger partial charge in [-0.05, 0) is 5.41 Å². The second-order valence-corrected chi connectivity index (χ2v) is 4.49. The molecule has 0 amide bonds. The van der Waals surface area contributed by atoms with Gasteiger partial charge in [-0.1, -0.05) is 61.9 Å². The van der Waals surface area contributed by atoms with Crippen LogP contribution in [0.15, 0.2) is 30.3 Å². The fourth-order valence-corrected chi connectivity index (χ4v) is 1.15. The molecule has 0 nitrogen and oxygen atoms in total. The minimum Gasteiger partial charge on any atom is -0.0709 e. The van der Waals surface area contributed by atoms with Crippen LogP contribution in [0, 0.1) is 5.41 Å². The normalized spacial score (nSPS) is 12.8. The molecule has 1 aromatic carbocycles. The fraction of sp³-hybridized carbons (Fsp3) is 0.455. The predicted octanol–water partition coefficient (Wildman–Crippen LogP) is 2.22. The van der Waals surface area contributed by atoms with Crippen molar-refractivity contribution in [2.75, 3.05) is 0 Å². The first-order valence-electron chi connectivity index (χ1n) is 4.49. The quantitative estimate of drug-likeness (QED) is 0.563. The van der Waals surface area contributed by atoms with E-state index in [0.29, 0.717) is 0 Å². The largest absolute Gasteiger partial charge is 0.0709 e. The van der Waals surface area contributed by atoms with Gasteiger partial charge >= 0.3 is 0 Å². The molecule has 0 aliphatic rings. The molecule has 0 saturated heterocycles. The lowest BCUT2D eigenvalue weighted by Crippen LogP contribution is -2.41. The zero-order valence-corrected chi connectivity index (χ0v) is 8.54. The summed E-state index contributed by atoms with van der Waals surface area (Å²) in [6.45, 7) is 6.12. The third-order valence-corrected chi connectivity index (χ3v) is 2.49. The smallest absolute Gasteiger partial charge is 0.0689 e. The van der Waals surface area contributed by atoms with E-state index in [1.807, 2.05) is 51.1 Å². The highest BCUT2D eigenvalue weighted by Crippen LogP contribution is 2.35. The van der Waals surface area contributed by atoms with Crippen molar-refractivity contribution in [1.82, 2.24) is 0 Å². The Balaban J connectivity index is 3.08. The van der Waals surface area contributed by atoms with Crippen molar-refractivity contribution in [3.05, 3.63) is 35.9 Å². The third-order valence-electron chi connectivity index (χ3n) is 2.49. The predicted molar refractivity (Wildman–Crippen MR) is 59.1 cm³/mol. The molecular formula is C11H14B2. The van der Waals surface area contributed by atoms with Crippen LogP contribution in [-0.2, 0) is 5.21 Å². The molecule has 0 bridgehead atoms. The minimum absolute atomic E-state index is 0.144. The molecule has 0 unspecified atom stereocenters. The van der Waals surface area contributed by atoms with Gasteiger partial charge in [-0.15, -0.1) is 0 Å². The van der Waals surface area contributed by atoms with E-state index in [1.165, 1.54) is 0 Å². The first-order valence-corrected chi connectivity index (χ1v) is 4.49. The van der Waals surface area contributed by atoms with E-state index < -0.39 is 5.21 Å². The van der Waals surface area contributed by atoms with Gasteiger partial charge in [0, 0.05) is 0 Å². The van der Waals surface area contributed by atoms with E-state index in [2.05, 4.69) is 0 Å². The maximum Gasteiger partial charge on any atom is 0.0689 e. The van der Waals surface area contributed by atoms with Crippen LogP contribution in [-0.4, -0.2) is 15.7 Å². The molecule has 0 heterocycles. The first-order chi connectivity index (χ1) is 5.86. The van der Waals surface area contributed by atoms with Crippen molar-refractivity contribution in [1.29, 1.82) is 0 Å². The monoisotopic (exact) mass is 168 g/mol. The minimum atomic E-state index is -0.770. The van der Waals surface area contributed by atoms with Gasteiger partial charge in [0.15, 0.2) is 0 Å². The topological polar surface area (TPSA) is 0 Å². The summed E-state index contributed by atoms with van der Waals surface area (Å²) in [6, 6.07) is 9.80. The van der Waals surface area contributed by atoms with Gasteiger partial charge in [0.1, 0.15) is 0 Å². The molecule has 0 N–H and O–H groups in total. The highest BCUT2D eigenvalue weighted by atomic mass is 14.3. The van der Waals surface area contributed by atoms with Crippen molar-refractivity contribution >= 4 is 15.7 Å². The Morgan fingerprint density at radius 2 is 1.38 bits per heavy atom. The zero-order chi connectivity index (χ0) is 10.1. The molecule has 0 atom stereocenters. The van der Waals surface area contributed by atoms with Crippen LogP contribution < -0.4 is 0 Å². The molecule has 64 valence electrons. The lowest BCUT2D eigenvalue weighted by atomic mass is 9.41. The molecule has 0 aliphatic heterocycles. The molecule has 1 aromatic rings. The molecule has 0 aromatic heterocycles. The standard InChI is InChI=1S/C11H14B2/c1-10(2,3)11(12,13)9-7-5-4-6-8-9/h4-8H,1-3H3. The Morgan fingerprint density at radius 1 is 0.923 bits per heavy atom. The SMILES string of the molecule is [B]C([B])(c1ccccc1)C(C)(C)C. The van der Waals surface area contributed by atoms with Crippen LogP contribution >= 0.6 is 0 Å². The summed E-state index contributed by atoms with van der Waals surface area (Å²) in [5, 5.41) is -0.770. The van der Waals surface area contributed by atoms with Crippen molar-refractivity contribution in [3.8, 4) is 0 Å². The summed E-state index contributed by atoms with van der Waals surface area (Å²) in [6.07, 6.45) is 0. The van der Waals surface area contributed by atoms with Gasteiger partial charge in [0.05, 0.1) is 15.7 Å². The van der Waals surface area contributed by atoms with Gasteiger partial charge in [0.2, 0.25) is 0 Å². The molecule has 2 heteroatoms. The van der Waals surface area contributed by atoms with E-state index in [-0.39, 0.29) is 5.41 Å². The number of hydrogen-bond acceptors (Lipinski definition) is 0. The lowest BCUT2D eigenvalue weighted by molar-refractivity contribution is 0.358. The van der Waals surface area contributed by atoms with Crippen molar-refractivity contribution in [2.45, 2.75) is 26.0 Å². The van der Waals surface area contributed by atoms with Crippen LogP contribution in [0.3, 0.4) is 0 Å². The average molecular weight is 168 g/mol. The summed E-state index contributed by atoms with van der Waals surface area (Å²) in [5.74, 6) is 0. The first kappa shape index (κ1) is 10.4. The molecule has 4 radical (unpaired) electrons. The molecule has 1 rings (SSSR count). The Hall–Kier alpha value is -0.650. The van der Waals surface area contributed by atoms with Crippen LogP contribution in [0.2, 0.25) is 0 Å². The molecule has 0 fully saturated rings. The van der Waals surface area contributed by atoms with Gasteiger partial charge in [-0.25, -0.2) is 0 Å². The molecule has 13 heavy (non-hydrogen) atoms. The van der Waals surface area contributed by atoms with Crippen LogP contribution in [0.25, 0.3) is 0 Å². The van der Waals surface area contributed by atoms with E-state index in [1.54, 1.807) is 0 Å². The molecule has 0 aliphatic carbocycles. The Labute approximate surface area is 83.6 Å². The third kappa shape index (κ3) is 1.99. The fourth-order valence-electron chi connectivity index (χ4n) is 1.15. The van der Waals surface area contributed by atoms with E-state index >= 15 is 0 Å².